The highest BCUT2D eigenvalue weighted by molar-refractivity contribution is 6.07. The summed E-state index contributed by atoms with van der Waals surface area (Å²) < 4.78 is 0. The van der Waals surface area contributed by atoms with Crippen LogP contribution in [0.5, 0.6) is 0 Å². The smallest absolute Gasteiger partial charge is 0.272 e. The molecule has 0 saturated carbocycles. The van der Waals surface area contributed by atoms with Crippen LogP contribution in [0.15, 0.2) is 30.6 Å². The number of aryl methyl sites for hydroxylation is 1. The van der Waals surface area contributed by atoms with Gasteiger partial charge in [0.05, 0.1) is 11.9 Å². The summed E-state index contributed by atoms with van der Waals surface area (Å²) in [5.74, 6) is 0.308. The summed E-state index contributed by atoms with van der Waals surface area (Å²) in [5.41, 5.74) is 4.46. The van der Waals surface area contributed by atoms with Crippen LogP contribution in [0.3, 0.4) is 0 Å². The summed E-state index contributed by atoms with van der Waals surface area (Å²) in [4.78, 5) is 15.5. The lowest BCUT2D eigenvalue weighted by molar-refractivity contribution is 0.102. The van der Waals surface area contributed by atoms with E-state index in [0.29, 0.717) is 17.3 Å². The van der Waals surface area contributed by atoms with Gasteiger partial charge in [0, 0.05) is 17.1 Å². The number of amides is 1. The van der Waals surface area contributed by atoms with E-state index in [4.69, 9.17) is 0 Å². The Balaban J connectivity index is 1.99. The summed E-state index contributed by atoms with van der Waals surface area (Å²) in [6, 6.07) is 6.29. The Labute approximate surface area is 122 Å². The van der Waals surface area contributed by atoms with Crippen molar-refractivity contribution >= 4 is 22.5 Å². The molecule has 5 nitrogen and oxygen atoms in total. The van der Waals surface area contributed by atoms with Crippen LogP contribution in [-0.2, 0) is 0 Å². The van der Waals surface area contributed by atoms with Crippen molar-refractivity contribution in [2.24, 2.45) is 0 Å². The Morgan fingerprint density at radius 2 is 2.14 bits per heavy atom. The number of H-pyrrole nitrogens is 2. The number of hydrogen-bond acceptors (Lipinski definition) is 2. The molecule has 0 bridgehead atoms. The number of hydrogen-bond donors (Lipinski definition) is 3. The normalized spacial score (nSPS) is 11.2. The largest absolute Gasteiger partial charge is 0.350 e. The summed E-state index contributed by atoms with van der Waals surface area (Å²) in [6.45, 7) is 6.29. The number of benzene rings is 1. The van der Waals surface area contributed by atoms with Gasteiger partial charge >= 0.3 is 0 Å². The molecule has 0 aliphatic carbocycles. The first-order valence-corrected chi connectivity index (χ1v) is 6.98. The Kier molecular flexibility index (Phi) is 3.25. The molecule has 1 aromatic carbocycles. The molecule has 3 aromatic rings. The molecule has 21 heavy (non-hydrogen) atoms. The summed E-state index contributed by atoms with van der Waals surface area (Å²) in [5, 5.41) is 10.4. The van der Waals surface area contributed by atoms with Gasteiger partial charge in [0.25, 0.3) is 5.91 Å². The van der Waals surface area contributed by atoms with Gasteiger partial charge < -0.3 is 10.3 Å². The zero-order chi connectivity index (χ0) is 15.0. The summed E-state index contributed by atoms with van der Waals surface area (Å²) >= 11 is 0. The van der Waals surface area contributed by atoms with E-state index < -0.39 is 0 Å². The quantitative estimate of drug-likeness (QED) is 0.687. The monoisotopic (exact) mass is 282 g/mol. The van der Waals surface area contributed by atoms with E-state index in [0.717, 1.165) is 16.5 Å². The van der Waals surface area contributed by atoms with Gasteiger partial charge in [0.15, 0.2) is 0 Å². The molecular formula is C16H18N4O. The molecule has 0 atom stereocenters. The number of aromatic nitrogens is 3. The molecule has 0 unspecified atom stereocenters. The molecular weight excluding hydrogens is 264 g/mol. The minimum absolute atomic E-state index is 0.156. The van der Waals surface area contributed by atoms with Crippen LogP contribution in [0, 0.1) is 6.92 Å². The van der Waals surface area contributed by atoms with Crippen LogP contribution >= 0.6 is 0 Å². The molecule has 2 heterocycles. The van der Waals surface area contributed by atoms with E-state index in [9.17, 15) is 4.79 Å². The lowest BCUT2D eigenvalue weighted by Crippen LogP contribution is -2.12. The minimum atomic E-state index is -0.156. The molecule has 5 heteroatoms. The second-order valence-corrected chi connectivity index (χ2v) is 5.53. The maximum Gasteiger partial charge on any atom is 0.272 e. The number of aromatic amines is 2. The standard InChI is InChI=1S/C16H18N4O/c1-9(2)11-4-5-14-13(6-11)10(3)15(20-14)16(21)19-12-7-17-18-8-12/h4-9,20H,1-3H3,(H,17,18)(H,19,21). The fourth-order valence-electron chi connectivity index (χ4n) is 2.44. The van der Waals surface area contributed by atoms with Gasteiger partial charge in [-0.3, -0.25) is 9.89 Å². The van der Waals surface area contributed by atoms with Crippen molar-refractivity contribution < 1.29 is 4.79 Å². The van der Waals surface area contributed by atoms with Crippen molar-refractivity contribution in [3.63, 3.8) is 0 Å². The molecule has 2 aromatic heterocycles. The summed E-state index contributed by atoms with van der Waals surface area (Å²) in [6.07, 6.45) is 3.22. The van der Waals surface area contributed by atoms with Gasteiger partial charge in [-0.2, -0.15) is 5.10 Å². The van der Waals surface area contributed by atoms with Gasteiger partial charge in [-0.15, -0.1) is 0 Å². The molecule has 0 aliphatic heterocycles. The Morgan fingerprint density at radius 1 is 1.33 bits per heavy atom. The third kappa shape index (κ3) is 2.42. The molecule has 0 fully saturated rings. The van der Waals surface area contributed by atoms with Crippen LogP contribution in [0.2, 0.25) is 0 Å². The summed E-state index contributed by atoms with van der Waals surface area (Å²) in [7, 11) is 0. The van der Waals surface area contributed by atoms with E-state index in [-0.39, 0.29) is 5.91 Å². The van der Waals surface area contributed by atoms with Crippen molar-refractivity contribution in [2.75, 3.05) is 5.32 Å². The van der Waals surface area contributed by atoms with E-state index in [2.05, 4.69) is 46.5 Å². The topological polar surface area (TPSA) is 73.6 Å². The molecule has 1 amide bonds. The number of carbonyl (C=O) groups is 1. The third-order valence-electron chi connectivity index (χ3n) is 3.73. The van der Waals surface area contributed by atoms with Crippen LogP contribution in [0.25, 0.3) is 10.9 Å². The molecule has 108 valence electrons. The van der Waals surface area contributed by atoms with Gasteiger partial charge in [0.2, 0.25) is 0 Å². The van der Waals surface area contributed by atoms with Crippen molar-refractivity contribution in [1.29, 1.82) is 0 Å². The fourth-order valence-corrected chi connectivity index (χ4v) is 2.44. The van der Waals surface area contributed by atoms with E-state index >= 15 is 0 Å². The molecule has 0 saturated heterocycles. The van der Waals surface area contributed by atoms with Crippen molar-refractivity contribution in [2.45, 2.75) is 26.7 Å². The highest BCUT2D eigenvalue weighted by atomic mass is 16.1. The molecule has 3 rings (SSSR count). The number of nitrogens with one attached hydrogen (secondary N) is 3. The van der Waals surface area contributed by atoms with Crippen LogP contribution in [0.1, 0.15) is 41.4 Å². The lowest BCUT2D eigenvalue weighted by Gasteiger charge is -2.04. The maximum atomic E-state index is 12.3. The molecule has 3 N–H and O–H groups in total. The Morgan fingerprint density at radius 3 is 2.81 bits per heavy atom. The highest BCUT2D eigenvalue weighted by Crippen LogP contribution is 2.26. The second kappa shape index (κ2) is 5.09. The van der Waals surface area contributed by atoms with E-state index in [1.165, 1.54) is 5.56 Å². The van der Waals surface area contributed by atoms with Crippen molar-refractivity contribution in [3.05, 3.63) is 47.4 Å². The first kappa shape index (κ1) is 13.4. The highest BCUT2D eigenvalue weighted by Gasteiger charge is 2.16. The van der Waals surface area contributed by atoms with Gasteiger partial charge in [0.1, 0.15) is 5.69 Å². The predicted octanol–water partition coefficient (Wildman–Crippen LogP) is 3.58. The first-order valence-electron chi connectivity index (χ1n) is 6.98. The van der Waals surface area contributed by atoms with Crippen LogP contribution < -0.4 is 5.32 Å². The number of rotatable bonds is 3. The predicted molar refractivity (Wildman–Crippen MR) is 83.7 cm³/mol. The number of fused-ring (bicyclic) bond motifs is 1. The Bertz CT molecular complexity index is 784. The zero-order valence-electron chi connectivity index (χ0n) is 12.3. The van der Waals surface area contributed by atoms with E-state index in [1.54, 1.807) is 12.4 Å². The van der Waals surface area contributed by atoms with Gasteiger partial charge in [-0.05, 0) is 36.1 Å². The van der Waals surface area contributed by atoms with Crippen LogP contribution in [0.4, 0.5) is 5.69 Å². The first-order chi connectivity index (χ1) is 10.1. The number of carbonyl (C=O) groups excluding carboxylic acids is 1. The van der Waals surface area contributed by atoms with Crippen LogP contribution in [-0.4, -0.2) is 21.1 Å². The lowest BCUT2D eigenvalue weighted by atomic mass is 10.0. The second-order valence-electron chi connectivity index (χ2n) is 5.53. The molecule has 0 aliphatic rings. The van der Waals surface area contributed by atoms with Crippen molar-refractivity contribution in [1.82, 2.24) is 15.2 Å². The van der Waals surface area contributed by atoms with Gasteiger partial charge in [-0.25, -0.2) is 0 Å². The third-order valence-corrected chi connectivity index (χ3v) is 3.73. The van der Waals surface area contributed by atoms with Crippen molar-refractivity contribution in [3.8, 4) is 0 Å². The fraction of sp³-hybridized carbons (Fsp3) is 0.250. The SMILES string of the molecule is Cc1c(C(=O)Nc2cn[nH]c2)[nH]c2ccc(C(C)C)cc12. The average Bonchev–Trinajstić information content (AvgIpc) is 3.07. The maximum absolute atomic E-state index is 12.3. The average molecular weight is 282 g/mol. The number of nitrogens with zero attached hydrogens (tertiary/aromatic N) is 1. The minimum Gasteiger partial charge on any atom is -0.350 e. The molecule has 0 spiro atoms. The zero-order valence-corrected chi connectivity index (χ0v) is 12.3. The Hall–Kier alpha value is -2.56. The van der Waals surface area contributed by atoms with Gasteiger partial charge in [-0.1, -0.05) is 19.9 Å². The molecule has 0 radical (unpaired) electrons. The number of anilines is 1. The van der Waals surface area contributed by atoms with E-state index in [1.807, 2.05) is 13.0 Å².